The fraction of sp³-hybridized carbons (Fsp3) is 0.0714. The zero-order chi connectivity index (χ0) is 17.0. The zero-order valence-corrected chi connectivity index (χ0v) is 11.4. The monoisotopic (exact) mass is 325 g/mol. The predicted octanol–water partition coefficient (Wildman–Crippen LogP) is 3.37. The van der Waals surface area contributed by atoms with E-state index in [9.17, 15) is 28.1 Å². The molecule has 2 rings (SSSR count). The molecule has 0 fully saturated rings. The fourth-order valence-electron chi connectivity index (χ4n) is 1.80. The summed E-state index contributed by atoms with van der Waals surface area (Å²) in [5.74, 6) is -1.06. The summed E-state index contributed by atoms with van der Waals surface area (Å²) in [6, 6.07) is 10.2. The number of halogens is 3. The van der Waals surface area contributed by atoms with Crippen LogP contribution in [0.4, 0.5) is 24.5 Å². The van der Waals surface area contributed by atoms with Crippen LogP contribution in [0, 0.1) is 10.1 Å². The molecule has 0 aromatic heterocycles. The molecule has 0 spiro atoms. The number of nitrogens with zero attached hydrogens (tertiary/aromatic N) is 1. The first-order chi connectivity index (χ1) is 10.8. The number of para-hydroxylation sites is 1. The van der Waals surface area contributed by atoms with Crippen LogP contribution in [0.2, 0.25) is 0 Å². The van der Waals surface area contributed by atoms with Crippen LogP contribution in [0.5, 0.6) is 0 Å². The molecule has 2 aromatic carbocycles. The molecule has 0 aliphatic rings. The lowest BCUT2D eigenvalue weighted by Gasteiger charge is -2.13. The quantitative estimate of drug-likeness (QED) is 0.667. The van der Waals surface area contributed by atoms with Crippen LogP contribution in [-0.2, 0) is 6.18 Å². The molecule has 0 saturated heterocycles. The summed E-state index contributed by atoms with van der Waals surface area (Å²) in [7, 11) is 0. The highest BCUT2D eigenvalue weighted by atomic mass is 19.4. The third-order valence-corrected chi connectivity index (χ3v) is 2.86. The van der Waals surface area contributed by atoms with E-state index in [2.05, 4.69) is 10.9 Å². The minimum Gasteiger partial charge on any atom is -0.298 e. The van der Waals surface area contributed by atoms with Crippen LogP contribution >= 0.6 is 0 Å². The normalized spacial score (nSPS) is 10.9. The summed E-state index contributed by atoms with van der Waals surface area (Å²) in [6.07, 6.45) is -4.90. The summed E-state index contributed by atoms with van der Waals surface area (Å²) >= 11 is 0. The van der Waals surface area contributed by atoms with Gasteiger partial charge in [-0.25, -0.2) is 0 Å². The van der Waals surface area contributed by atoms with E-state index in [1.54, 1.807) is 30.3 Å². The highest BCUT2D eigenvalue weighted by Gasteiger charge is 2.36. The second kappa shape index (κ2) is 6.34. The Hall–Kier alpha value is -3.10. The Morgan fingerprint density at radius 3 is 2.30 bits per heavy atom. The molecule has 0 radical (unpaired) electrons. The van der Waals surface area contributed by atoms with Crippen molar-refractivity contribution < 1.29 is 22.9 Å². The molecule has 2 aromatic rings. The van der Waals surface area contributed by atoms with Crippen molar-refractivity contribution in [2.75, 3.05) is 5.43 Å². The number of rotatable bonds is 4. The molecule has 0 bridgehead atoms. The van der Waals surface area contributed by atoms with Gasteiger partial charge in [-0.3, -0.25) is 25.8 Å². The number of carbonyl (C=O) groups excluding carboxylic acids is 1. The first-order valence-electron chi connectivity index (χ1n) is 6.26. The standard InChI is InChI=1S/C14H10F3N3O3/c15-14(16,17)12-8-10(20(22)23)6-7-11(12)13(21)19-18-9-4-2-1-3-5-9/h1-8,18H,(H,19,21). The second-order valence-corrected chi connectivity index (χ2v) is 4.43. The van der Waals surface area contributed by atoms with Gasteiger partial charge in [0.2, 0.25) is 0 Å². The number of nitro benzene ring substituents is 1. The minimum absolute atomic E-state index is 0.331. The summed E-state index contributed by atoms with van der Waals surface area (Å²) < 4.78 is 39.0. The molecule has 1 amide bonds. The van der Waals surface area contributed by atoms with E-state index in [1.165, 1.54) is 0 Å². The molecular formula is C14H10F3N3O3. The lowest BCUT2D eigenvalue weighted by Crippen LogP contribution is -2.31. The maximum absolute atomic E-state index is 13.0. The molecule has 0 saturated carbocycles. The van der Waals surface area contributed by atoms with Gasteiger partial charge in [0, 0.05) is 12.1 Å². The van der Waals surface area contributed by atoms with Crippen molar-refractivity contribution in [3.8, 4) is 0 Å². The third-order valence-electron chi connectivity index (χ3n) is 2.86. The number of amides is 1. The fourth-order valence-corrected chi connectivity index (χ4v) is 1.80. The van der Waals surface area contributed by atoms with Crippen LogP contribution < -0.4 is 10.9 Å². The number of nitrogens with one attached hydrogen (secondary N) is 2. The van der Waals surface area contributed by atoms with Crippen molar-refractivity contribution in [1.82, 2.24) is 5.43 Å². The molecule has 120 valence electrons. The molecule has 0 atom stereocenters. The van der Waals surface area contributed by atoms with Gasteiger partial charge in [-0.1, -0.05) is 18.2 Å². The molecule has 0 heterocycles. The number of hydrogen-bond donors (Lipinski definition) is 2. The van der Waals surface area contributed by atoms with E-state index < -0.39 is 33.8 Å². The SMILES string of the molecule is O=C(NNc1ccccc1)c1ccc([N+](=O)[O-])cc1C(F)(F)F. The Labute approximate surface area is 128 Å². The lowest BCUT2D eigenvalue weighted by molar-refractivity contribution is -0.385. The van der Waals surface area contributed by atoms with Gasteiger partial charge < -0.3 is 0 Å². The Balaban J connectivity index is 2.27. The van der Waals surface area contributed by atoms with Gasteiger partial charge >= 0.3 is 6.18 Å². The maximum atomic E-state index is 13.0. The van der Waals surface area contributed by atoms with Crippen molar-refractivity contribution in [2.24, 2.45) is 0 Å². The Morgan fingerprint density at radius 2 is 1.74 bits per heavy atom. The van der Waals surface area contributed by atoms with Crippen molar-refractivity contribution in [3.05, 3.63) is 69.8 Å². The number of benzene rings is 2. The average molecular weight is 325 g/mol. The summed E-state index contributed by atoms with van der Waals surface area (Å²) in [5.41, 5.74) is 2.21. The number of nitro groups is 1. The topological polar surface area (TPSA) is 84.3 Å². The number of anilines is 1. The van der Waals surface area contributed by atoms with Crippen LogP contribution in [-0.4, -0.2) is 10.8 Å². The first-order valence-corrected chi connectivity index (χ1v) is 6.26. The van der Waals surface area contributed by atoms with Gasteiger partial charge in [-0.2, -0.15) is 13.2 Å². The Kier molecular flexibility index (Phi) is 4.49. The van der Waals surface area contributed by atoms with Gasteiger partial charge in [0.15, 0.2) is 0 Å². The van der Waals surface area contributed by atoms with Gasteiger partial charge in [-0.05, 0) is 18.2 Å². The van der Waals surface area contributed by atoms with Crippen molar-refractivity contribution in [3.63, 3.8) is 0 Å². The van der Waals surface area contributed by atoms with Crippen LogP contribution in [0.3, 0.4) is 0 Å². The number of alkyl halides is 3. The van der Waals surface area contributed by atoms with Crippen LogP contribution in [0.25, 0.3) is 0 Å². The number of carbonyl (C=O) groups is 1. The summed E-state index contributed by atoms with van der Waals surface area (Å²) in [5, 5.41) is 10.6. The Bertz CT molecular complexity index is 733. The van der Waals surface area contributed by atoms with E-state index in [0.29, 0.717) is 11.8 Å². The number of hydrogen-bond acceptors (Lipinski definition) is 4. The highest BCUT2D eigenvalue weighted by Crippen LogP contribution is 2.34. The van der Waals surface area contributed by atoms with Gasteiger partial charge in [0.1, 0.15) is 0 Å². The van der Waals surface area contributed by atoms with Crippen molar-refractivity contribution in [1.29, 1.82) is 0 Å². The predicted molar refractivity (Wildman–Crippen MR) is 75.6 cm³/mol. The molecule has 6 nitrogen and oxygen atoms in total. The van der Waals surface area contributed by atoms with Crippen molar-refractivity contribution in [2.45, 2.75) is 6.18 Å². The molecule has 9 heteroatoms. The molecule has 0 aliphatic carbocycles. The van der Waals surface area contributed by atoms with Crippen LogP contribution in [0.1, 0.15) is 15.9 Å². The van der Waals surface area contributed by atoms with Crippen molar-refractivity contribution >= 4 is 17.3 Å². The Morgan fingerprint density at radius 1 is 1.09 bits per heavy atom. The molecule has 23 heavy (non-hydrogen) atoms. The van der Waals surface area contributed by atoms with Crippen LogP contribution in [0.15, 0.2) is 48.5 Å². The largest absolute Gasteiger partial charge is 0.417 e. The lowest BCUT2D eigenvalue weighted by atomic mass is 10.1. The molecular weight excluding hydrogens is 315 g/mol. The third kappa shape index (κ3) is 3.96. The minimum atomic E-state index is -4.90. The van der Waals surface area contributed by atoms with Gasteiger partial charge in [-0.15, -0.1) is 0 Å². The highest BCUT2D eigenvalue weighted by molar-refractivity contribution is 5.96. The summed E-state index contributed by atoms with van der Waals surface area (Å²) in [6.45, 7) is 0. The molecule has 0 aliphatic heterocycles. The maximum Gasteiger partial charge on any atom is 0.417 e. The average Bonchev–Trinajstić information content (AvgIpc) is 2.52. The van der Waals surface area contributed by atoms with Gasteiger partial charge in [0.05, 0.1) is 21.7 Å². The van der Waals surface area contributed by atoms with E-state index in [4.69, 9.17) is 0 Å². The van der Waals surface area contributed by atoms with E-state index in [0.717, 1.165) is 12.1 Å². The molecule has 2 N–H and O–H groups in total. The number of hydrazine groups is 1. The zero-order valence-electron chi connectivity index (χ0n) is 11.4. The van der Waals surface area contributed by atoms with E-state index in [-0.39, 0.29) is 0 Å². The smallest absolute Gasteiger partial charge is 0.298 e. The van der Waals surface area contributed by atoms with E-state index >= 15 is 0 Å². The van der Waals surface area contributed by atoms with E-state index in [1.807, 2.05) is 0 Å². The van der Waals surface area contributed by atoms with Gasteiger partial charge in [0.25, 0.3) is 11.6 Å². The second-order valence-electron chi connectivity index (χ2n) is 4.43. The first kappa shape index (κ1) is 16.3. The number of non-ortho nitro benzene ring substituents is 1. The molecule has 0 unspecified atom stereocenters. The summed E-state index contributed by atoms with van der Waals surface area (Å²) in [4.78, 5) is 21.6.